The molecule has 3 heteroatoms. The Bertz CT molecular complexity index is 900. The molecule has 0 heterocycles. The Morgan fingerprint density at radius 1 is 0.677 bits per heavy atom. The van der Waals surface area contributed by atoms with Crippen molar-refractivity contribution >= 4 is 0 Å². The van der Waals surface area contributed by atoms with Gasteiger partial charge in [0, 0.05) is 31.7 Å². The van der Waals surface area contributed by atoms with E-state index in [1.54, 1.807) is 0 Å². The molecule has 4 rings (SSSR count). The fourth-order valence-corrected chi connectivity index (χ4v) is 4.91. The zero-order valence-electron chi connectivity index (χ0n) is 18.5. The quantitative estimate of drug-likeness (QED) is 0.547. The first-order chi connectivity index (χ1) is 15.2. The van der Waals surface area contributed by atoms with Gasteiger partial charge in [0.15, 0.2) is 0 Å². The number of benzene rings is 3. The molecular weight excluding hydrogens is 380 g/mol. The highest BCUT2D eigenvalue weighted by Gasteiger charge is 2.39. The van der Waals surface area contributed by atoms with Gasteiger partial charge >= 0.3 is 0 Å². The molecule has 0 saturated heterocycles. The van der Waals surface area contributed by atoms with Crippen LogP contribution >= 0.6 is 0 Å². The van der Waals surface area contributed by atoms with Gasteiger partial charge in [0.2, 0.25) is 0 Å². The van der Waals surface area contributed by atoms with Crippen molar-refractivity contribution in [1.82, 2.24) is 9.80 Å². The van der Waals surface area contributed by atoms with Crippen molar-refractivity contribution in [2.75, 3.05) is 13.6 Å². The van der Waals surface area contributed by atoms with E-state index in [0.717, 1.165) is 38.9 Å². The number of aliphatic hydroxyl groups excluding tert-OH is 1. The lowest BCUT2D eigenvalue weighted by Gasteiger charge is -2.34. The molecule has 0 aliphatic heterocycles. The molecule has 3 aromatic rings. The summed E-state index contributed by atoms with van der Waals surface area (Å²) in [5, 5.41) is 11.4. The molecule has 0 radical (unpaired) electrons. The lowest BCUT2D eigenvalue weighted by Crippen LogP contribution is -2.47. The van der Waals surface area contributed by atoms with Gasteiger partial charge in [-0.05, 0) is 43.0 Å². The van der Waals surface area contributed by atoms with Gasteiger partial charge in [0.1, 0.15) is 0 Å². The van der Waals surface area contributed by atoms with Crippen LogP contribution in [-0.2, 0) is 19.5 Å². The van der Waals surface area contributed by atoms with E-state index in [1.165, 1.54) is 16.7 Å². The van der Waals surface area contributed by atoms with Crippen LogP contribution in [0.5, 0.6) is 0 Å². The van der Waals surface area contributed by atoms with Crippen molar-refractivity contribution < 1.29 is 5.11 Å². The molecular formula is C28H34N2O. The highest BCUT2D eigenvalue weighted by atomic mass is 16.3. The highest BCUT2D eigenvalue weighted by molar-refractivity contribution is 5.18. The molecule has 3 atom stereocenters. The van der Waals surface area contributed by atoms with E-state index in [1.807, 2.05) is 0 Å². The maximum absolute atomic E-state index is 11.4. The first kappa shape index (κ1) is 21.8. The van der Waals surface area contributed by atoms with Gasteiger partial charge in [-0.3, -0.25) is 9.80 Å². The number of likely N-dealkylation sites (N-methyl/N-ethyl adjacent to an activating group) is 1. The Kier molecular flexibility index (Phi) is 7.52. The standard InChI is InChI=1S/C28H34N2O/c1-29(21-24-13-7-3-8-14-24)26-17-18-27(28(26)31)30(22-25-15-9-4-10-16-25)20-19-23-11-5-2-6-12-23/h2-16,26-28,31H,17-22H2,1H3/t26-,27-,28-/m1/s1. The van der Waals surface area contributed by atoms with Crippen molar-refractivity contribution in [3.05, 3.63) is 108 Å². The summed E-state index contributed by atoms with van der Waals surface area (Å²) in [7, 11) is 2.15. The average molecular weight is 415 g/mol. The Balaban J connectivity index is 1.45. The van der Waals surface area contributed by atoms with E-state index < -0.39 is 0 Å². The topological polar surface area (TPSA) is 26.7 Å². The smallest absolute Gasteiger partial charge is 0.0850 e. The predicted octanol–water partition coefficient (Wildman–Crippen LogP) is 4.76. The summed E-state index contributed by atoms with van der Waals surface area (Å²) < 4.78 is 0. The molecule has 3 nitrogen and oxygen atoms in total. The monoisotopic (exact) mass is 414 g/mol. The highest BCUT2D eigenvalue weighted by Crippen LogP contribution is 2.30. The molecule has 0 aromatic heterocycles. The molecule has 1 N–H and O–H groups in total. The third-order valence-corrected chi connectivity index (χ3v) is 6.62. The van der Waals surface area contributed by atoms with Crippen LogP contribution in [-0.4, -0.2) is 46.7 Å². The number of nitrogens with zero attached hydrogens (tertiary/aromatic N) is 2. The van der Waals surface area contributed by atoms with Crippen LogP contribution in [0.15, 0.2) is 91.0 Å². The van der Waals surface area contributed by atoms with E-state index in [2.05, 4.69) is 108 Å². The summed E-state index contributed by atoms with van der Waals surface area (Å²) in [5.41, 5.74) is 3.96. The molecule has 0 bridgehead atoms. The maximum Gasteiger partial charge on any atom is 0.0850 e. The van der Waals surface area contributed by atoms with E-state index in [0.29, 0.717) is 0 Å². The second-order valence-electron chi connectivity index (χ2n) is 8.80. The largest absolute Gasteiger partial charge is 0.390 e. The van der Waals surface area contributed by atoms with Crippen LogP contribution in [0.1, 0.15) is 29.5 Å². The fraction of sp³-hybridized carbons (Fsp3) is 0.357. The van der Waals surface area contributed by atoms with Crippen LogP contribution in [0.3, 0.4) is 0 Å². The first-order valence-corrected chi connectivity index (χ1v) is 11.4. The third kappa shape index (κ3) is 5.82. The number of hydrogen-bond acceptors (Lipinski definition) is 3. The molecule has 1 aliphatic rings. The molecule has 1 saturated carbocycles. The minimum atomic E-state index is -0.340. The van der Waals surface area contributed by atoms with Gasteiger partial charge in [-0.25, -0.2) is 0 Å². The second-order valence-corrected chi connectivity index (χ2v) is 8.80. The van der Waals surface area contributed by atoms with Crippen molar-refractivity contribution in [3.63, 3.8) is 0 Å². The first-order valence-electron chi connectivity index (χ1n) is 11.4. The minimum absolute atomic E-state index is 0.187. The zero-order chi connectivity index (χ0) is 21.5. The van der Waals surface area contributed by atoms with Crippen molar-refractivity contribution in [3.8, 4) is 0 Å². The summed E-state index contributed by atoms with van der Waals surface area (Å²) >= 11 is 0. The van der Waals surface area contributed by atoms with Crippen molar-refractivity contribution in [1.29, 1.82) is 0 Å². The SMILES string of the molecule is CN(Cc1ccccc1)[C@@H]1CC[C@@H](N(CCc2ccccc2)Cc2ccccc2)[C@@H]1O. The minimum Gasteiger partial charge on any atom is -0.390 e. The van der Waals surface area contributed by atoms with Gasteiger partial charge in [-0.15, -0.1) is 0 Å². The lowest BCUT2D eigenvalue weighted by atomic mass is 10.1. The van der Waals surface area contributed by atoms with Gasteiger partial charge in [0.05, 0.1) is 6.10 Å². The average Bonchev–Trinajstić information content (AvgIpc) is 3.20. The predicted molar refractivity (Wildman–Crippen MR) is 128 cm³/mol. The zero-order valence-corrected chi connectivity index (χ0v) is 18.5. The van der Waals surface area contributed by atoms with Gasteiger partial charge < -0.3 is 5.11 Å². The summed E-state index contributed by atoms with van der Waals surface area (Å²) in [5.74, 6) is 0. The molecule has 162 valence electrons. The Hall–Kier alpha value is -2.46. The van der Waals surface area contributed by atoms with Crippen LogP contribution in [0.4, 0.5) is 0 Å². The third-order valence-electron chi connectivity index (χ3n) is 6.62. The van der Waals surface area contributed by atoms with E-state index >= 15 is 0 Å². The van der Waals surface area contributed by atoms with Crippen LogP contribution < -0.4 is 0 Å². The summed E-state index contributed by atoms with van der Waals surface area (Å²) in [4.78, 5) is 4.83. The second kappa shape index (κ2) is 10.7. The molecule has 1 aliphatic carbocycles. The van der Waals surface area contributed by atoms with Crippen LogP contribution in [0.25, 0.3) is 0 Å². The van der Waals surface area contributed by atoms with E-state index in [-0.39, 0.29) is 18.2 Å². The van der Waals surface area contributed by atoms with E-state index in [4.69, 9.17) is 0 Å². The van der Waals surface area contributed by atoms with Crippen molar-refractivity contribution in [2.24, 2.45) is 0 Å². The molecule has 0 amide bonds. The molecule has 0 unspecified atom stereocenters. The van der Waals surface area contributed by atoms with Gasteiger partial charge in [0.25, 0.3) is 0 Å². The molecule has 1 fully saturated rings. The van der Waals surface area contributed by atoms with Gasteiger partial charge in [-0.2, -0.15) is 0 Å². The summed E-state index contributed by atoms with van der Waals surface area (Å²) in [6, 6.07) is 32.3. The molecule has 31 heavy (non-hydrogen) atoms. The lowest BCUT2D eigenvalue weighted by molar-refractivity contribution is 0.0216. The molecule has 3 aromatic carbocycles. The number of rotatable bonds is 9. The van der Waals surface area contributed by atoms with E-state index in [9.17, 15) is 5.11 Å². The number of hydrogen-bond donors (Lipinski definition) is 1. The normalized spacial score (nSPS) is 21.1. The van der Waals surface area contributed by atoms with Crippen molar-refractivity contribution in [2.45, 2.75) is 50.5 Å². The fourth-order valence-electron chi connectivity index (χ4n) is 4.91. The van der Waals surface area contributed by atoms with Crippen LogP contribution in [0, 0.1) is 0 Å². The maximum atomic E-state index is 11.4. The Morgan fingerprint density at radius 2 is 1.16 bits per heavy atom. The molecule has 0 spiro atoms. The summed E-state index contributed by atoms with van der Waals surface area (Å²) in [6.45, 7) is 2.71. The Labute approximate surface area is 187 Å². The summed E-state index contributed by atoms with van der Waals surface area (Å²) in [6.07, 6.45) is 2.73. The van der Waals surface area contributed by atoms with Crippen LogP contribution in [0.2, 0.25) is 0 Å². The Morgan fingerprint density at radius 3 is 1.74 bits per heavy atom. The number of aliphatic hydroxyl groups is 1. The van der Waals surface area contributed by atoms with Gasteiger partial charge in [-0.1, -0.05) is 91.0 Å².